The third-order valence-electron chi connectivity index (χ3n) is 1.84. The van der Waals surface area contributed by atoms with E-state index in [-0.39, 0.29) is 12.5 Å². The number of H-pyrrole nitrogens is 1. The largest absolute Gasteiger partial charge is 0.348 e. The van der Waals surface area contributed by atoms with E-state index in [1.165, 1.54) is 6.33 Å². The minimum absolute atomic E-state index is 0.200. The number of rotatable bonds is 6. The number of carbonyl (C=O) groups excluding carboxylic acids is 2. The van der Waals surface area contributed by atoms with E-state index in [9.17, 15) is 9.59 Å². The third kappa shape index (κ3) is 3.90. The van der Waals surface area contributed by atoms with E-state index in [2.05, 4.69) is 20.6 Å². The molecular formula is C9H14N4O2. The van der Waals surface area contributed by atoms with Crippen LogP contribution in [0.25, 0.3) is 0 Å². The molecule has 6 nitrogen and oxygen atoms in total. The normalized spacial score (nSPS) is 12.1. The average molecular weight is 210 g/mol. The lowest BCUT2D eigenvalue weighted by molar-refractivity contribution is -0.123. The first-order chi connectivity index (χ1) is 7.26. The fraction of sp³-hybridized carbons (Fsp3) is 0.444. The number of imidazole rings is 1. The first-order valence-corrected chi connectivity index (χ1v) is 4.62. The topological polar surface area (TPSA) is 86.9 Å². The molecule has 1 rings (SSSR count). The summed E-state index contributed by atoms with van der Waals surface area (Å²) in [5.41, 5.74) is 0.817. The molecular weight excluding hydrogens is 196 g/mol. The van der Waals surface area contributed by atoms with Crippen LogP contribution in [0.3, 0.4) is 0 Å². The molecule has 0 radical (unpaired) electrons. The Hall–Kier alpha value is -1.69. The van der Waals surface area contributed by atoms with Crippen molar-refractivity contribution in [3.8, 4) is 0 Å². The number of amides is 1. The quantitative estimate of drug-likeness (QED) is 0.518. The van der Waals surface area contributed by atoms with Gasteiger partial charge in [-0.05, 0) is 7.05 Å². The number of aromatic amines is 1. The Labute approximate surface area is 87.5 Å². The third-order valence-corrected chi connectivity index (χ3v) is 1.84. The van der Waals surface area contributed by atoms with Crippen molar-refractivity contribution in [2.24, 2.45) is 0 Å². The predicted molar refractivity (Wildman–Crippen MR) is 54.2 cm³/mol. The number of nitrogens with one attached hydrogen (secondary N) is 3. The molecule has 1 aromatic rings. The molecule has 1 amide bonds. The molecule has 0 spiro atoms. The van der Waals surface area contributed by atoms with Gasteiger partial charge in [-0.15, -0.1) is 0 Å². The van der Waals surface area contributed by atoms with Crippen LogP contribution in [-0.4, -0.2) is 41.8 Å². The summed E-state index contributed by atoms with van der Waals surface area (Å²) in [6.07, 6.45) is 4.31. The summed E-state index contributed by atoms with van der Waals surface area (Å²) in [5.74, 6) is -0.200. The Bertz CT molecular complexity index is 310. The van der Waals surface area contributed by atoms with Crippen LogP contribution in [-0.2, 0) is 16.0 Å². The van der Waals surface area contributed by atoms with E-state index in [0.717, 1.165) is 5.69 Å². The lowest BCUT2D eigenvalue weighted by atomic mass is 10.2. The van der Waals surface area contributed by atoms with E-state index in [4.69, 9.17) is 0 Å². The molecule has 0 aromatic carbocycles. The SMILES string of the molecule is CNCC(=O)N[C@H](C=O)Cc1cnc[nH]1. The van der Waals surface area contributed by atoms with Crippen LogP contribution < -0.4 is 10.6 Å². The summed E-state index contributed by atoms with van der Waals surface area (Å²) in [6.45, 7) is 0.202. The fourth-order valence-electron chi connectivity index (χ4n) is 1.18. The molecule has 0 aliphatic heterocycles. The van der Waals surface area contributed by atoms with Crippen molar-refractivity contribution in [1.29, 1.82) is 0 Å². The van der Waals surface area contributed by atoms with Gasteiger partial charge in [0.1, 0.15) is 6.29 Å². The fourth-order valence-corrected chi connectivity index (χ4v) is 1.18. The van der Waals surface area contributed by atoms with Crippen LogP contribution in [0.4, 0.5) is 0 Å². The number of aromatic nitrogens is 2. The average Bonchev–Trinajstić information content (AvgIpc) is 2.70. The highest BCUT2D eigenvalue weighted by Gasteiger charge is 2.11. The lowest BCUT2D eigenvalue weighted by Crippen LogP contribution is -2.41. The molecule has 0 fully saturated rings. The van der Waals surface area contributed by atoms with Crippen molar-refractivity contribution in [2.45, 2.75) is 12.5 Å². The summed E-state index contributed by atoms with van der Waals surface area (Å²) in [6, 6.07) is -0.508. The van der Waals surface area contributed by atoms with Gasteiger partial charge in [0, 0.05) is 18.3 Å². The van der Waals surface area contributed by atoms with Crippen molar-refractivity contribution in [1.82, 2.24) is 20.6 Å². The number of hydrogen-bond acceptors (Lipinski definition) is 4. The van der Waals surface area contributed by atoms with Crippen molar-refractivity contribution in [3.63, 3.8) is 0 Å². The molecule has 1 atom stereocenters. The van der Waals surface area contributed by atoms with E-state index in [1.54, 1.807) is 13.2 Å². The van der Waals surface area contributed by atoms with Crippen LogP contribution in [0, 0.1) is 0 Å². The number of carbonyl (C=O) groups is 2. The van der Waals surface area contributed by atoms with Gasteiger partial charge in [0.2, 0.25) is 5.91 Å². The molecule has 82 valence electrons. The molecule has 0 saturated heterocycles. The van der Waals surface area contributed by atoms with Gasteiger partial charge in [0.25, 0.3) is 0 Å². The molecule has 0 bridgehead atoms. The van der Waals surface area contributed by atoms with E-state index < -0.39 is 6.04 Å². The molecule has 1 aromatic heterocycles. The molecule has 1 heterocycles. The lowest BCUT2D eigenvalue weighted by Gasteiger charge is -2.11. The Morgan fingerprint density at radius 2 is 2.53 bits per heavy atom. The van der Waals surface area contributed by atoms with Gasteiger partial charge < -0.3 is 20.4 Å². The first-order valence-electron chi connectivity index (χ1n) is 4.62. The zero-order valence-corrected chi connectivity index (χ0v) is 8.49. The Kier molecular flexibility index (Phi) is 4.49. The first kappa shape index (κ1) is 11.4. The van der Waals surface area contributed by atoms with Gasteiger partial charge in [-0.3, -0.25) is 4.79 Å². The second kappa shape index (κ2) is 5.92. The van der Waals surface area contributed by atoms with Crippen LogP contribution in [0.15, 0.2) is 12.5 Å². The maximum atomic E-state index is 11.2. The minimum Gasteiger partial charge on any atom is -0.348 e. The Morgan fingerprint density at radius 1 is 1.73 bits per heavy atom. The summed E-state index contributed by atoms with van der Waals surface area (Å²) in [7, 11) is 1.67. The zero-order chi connectivity index (χ0) is 11.1. The molecule has 0 aliphatic carbocycles. The maximum absolute atomic E-state index is 11.2. The van der Waals surface area contributed by atoms with Gasteiger partial charge in [-0.1, -0.05) is 0 Å². The van der Waals surface area contributed by atoms with Crippen molar-refractivity contribution < 1.29 is 9.59 Å². The van der Waals surface area contributed by atoms with Crippen molar-refractivity contribution in [3.05, 3.63) is 18.2 Å². The van der Waals surface area contributed by atoms with Crippen LogP contribution in [0.5, 0.6) is 0 Å². The standard InChI is InChI=1S/C9H14N4O2/c1-10-4-9(15)13-8(5-14)2-7-3-11-6-12-7/h3,5-6,8,10H,2,4H2,1H3,(H,11,12)(H,13,15)/t8-/m0/s1. The number of hydrogen-bond donors (Lipinski definition) is 3. The molecule has 6 heteroatoms. The summed E-state index contributed by atoms with van der Waals surface area (Å²) in [5, 5.41) is 5.30. The van der Waals surface area contributed by atoms with E-state index >= 15 is 0 Å². The highest BCUT2D eigenvalue weighted by atomic mass is 16.2. The Morgan fingerprint density at radius 3 is 3.07 bits per heavy atom. The van der Waals surface area contributed by atoms with Crippen molar-refractivity contribution >= 4 is 12.2 Å². The van der Waals surface area contributed by atoms with Crippen LogP contribution in [0.1, 0.15) is 5.69 Å². The zero-order valence-electron chi connectivity index (χ0n) is 8.49. The van der Waals surface area contributed by atoms with Gasteiger partial charge in [-0.25, -0.2) is 4.98 Å². The monoisotopic (exact) mass is 210 g/mol. The predicted octanol–water partition coefficient (Wildman–Crippen LogP) is -1.14. The number of aldehydes is 1. The number of nitrogens with zero attached hydrogens (tertiary/aromatic N) is 1. The molecule has 0 saturated carbocycles. The smallest absolute Gasteiger partial charge is 0.234 e. The highest BCUT2D eigenvalue weighted by Crippen LogP contribution is 1.95. The maximum Gasteiger partial charge on any atom is 0.234 e. The summed E-state index contributed by atoms with van der Waals surface area (Å²) in [4.78, 5) is 28.6. The highest BCUT2D eigenvalue weighted by molar-refractivity contribution is 5.81. The van der Waals surface area contributed by atoms with Gasteiger partial charge in [-0.2, -0.15) is 0 Å². The second-order valence-corrected chi connectivity index (χ2v) is 3.12. The minimum atomic E-state index is -0.508. The molecule has 15 heavy (non-hydrogen) atoms. The van der Waals surface area contributed by atoms with Crippen LogP contribution in [0.2, 0.25) is 0 Å². The van der Waals surface area contributed by atoms with Gasteiger partial charge in [0.05, 0.1) is 18.9 Å². The summed E-state index contributed by atoms with van der Waals surface area (Å²) >= 11 is 0. The Balaban J connectivity index is 2.42. The van der Waals surface area contributed by atoms with Gasteiger partial charge in [0.15, 0.2) is 0 Å². The second-order valence-electron chi connectivity index (χ2n) is 3.12. The van der Waals surface area contributed by atoms with Gasteiger partial charge >= 0.3 is 0 Å². The molecule has 0 unspecified atom stereocenters. The van der Waals surface area contributed by atoms with E-state index in [1.807, 2.05) is 0 Å². The van der Waals surface area contributed by atoms with E-state index in [0.29, 0.717) is 12.7 Å². The molecule has 0 aliphatic rings. The molecule has 3 N–H and O–H groups in total. The van der Waals surface area contributed by atoms with Crippen molar-refractivity contribution in [2.75, 3.05) is 13.6 Å². The van der Waals surface area contributed by atoms with Crippen LogP contribution >= 0.6 is 0 Å². The summed E-state index contributed by atoms with van der Waals surface area (Å²) < 4.78 is 0. The number of likely N-dealkylation sites (N-methyl/N-ethyl adjacent to an activating group) is 1.